The van der Waals surface area contributed by atoms with Crippen LogP contribution in [-0.4, -0.2) is 14.3 Å². The molecule has 0 spiro atoms. The van der Waals surface area contributed by atoms with Crippen molar-refractivity contribution in [3.05, 3.63) is 64.3 Å². The summed E-state index contributed by atoms with van der Waals surface area (Å²) in [4.78, 5) is 15.1. The molecule has 6 nitrogen and oxygen atoms in total. The van der Waals surface area contributed by atoms with Crippen LogP contribution in [0.2, 0.25) is 0 Å². The standard InChI is InChI=1S/C15H14N4O2/c1-2-11-6-8-12(9-7-11)16-14-15(19(20)21)18-10-4-3-5-13(18)17-14/h3-10,16H,2H2,1H3. The Bertz CT molecular complexity index is 793. The van der Waals surface area contributed by atoms with Gasteiger partial charge < -0.3 is 15.4 Å². The fraction of sp³-hybridized carbons (Fsp3) is 0.133. The van der Waals surface area contributed by atoms with Gasteiger partial charge in [-0.05, 0) is 35.1 Å². The summed E-state index contributed by atoms with van der Waals surface area (Å²) in [5, 5.41) is 14.3. The highest BCUT2D eigenvalue weighted by Crippen LogP contribution is 2.28. The quantitative estimate of drug-likeness (QED) is 0.586. The highest BCUT2D eigenvalue weighted by Gasteiger charge is 2.22. The number of rotatable bonds is 4. The minimum Gasteiger partial charge on any atom is -0.358 e. The molecule has 0 saturated carbocycles. The van der Waals surface area contributed by atoms with E-state index in [0.29, 0.717) is 5.65 Å². The van der Waals surface area contributed by atoms with Crippen LogP contribution in [0.4, 0.5) is 17.3 Å². The van der Waals surface area contributed by atoms with Crippen molar-refractivity contribution in [2.45, 2.75) is 13.3 Å². The van der Waals surface area contributed by atoms with Crippen LogP contribution in [0.25, 0.3) is 5.65 Å². The number of nitrogens with zero attached hydrogens (tertiary/aromatic N) is 3. The zero-order chi connectivity index (χ0) is 14.8. The van der Waals surface area contributed by atoms with E-state index in [1.165, 1.54) is 9.96 Å². The number of hydrogen-bond donors (Lipinski definition) is 1. The summed E-state index contributed by atoms with van der Waals surface area (Å²) in [5.41, 5.74) is 2.53. The van der Waals surface area contributed by atoms with Crippen LogP contribution in [-0.2, 0) is 6.42 Å². The van der Waals surface area contributed by atoms with Crippen LogP contribution >= 0.6 is 0 Å². The molecule has 0 radical (unpaired) electrons. The molecular weight excluding hydrogens is 268 g/mol. The summed E-state index contributed by atoms with van der Waals surface area (Å²) in [6, 6.07) is 13.0. The first-order valence-electron chi connectivity index (χ1n) is 6.66. The summed E-state index contributed by atoms with van der Waals surface area (Å²) in [6.07, 6.45) is 2.58. The lowest BCUT2D eigenvalue weighted by Gasteiger charge is -2.04. The molecule has 6 heteroatoms. The van der Waals surface area contributed by atoms with E-state index in [1.807, 2.05) is 24.3 Å². The molecule has 0 saturated heterocycles. The number of benzene rings is 1. The van der Waals surface area contributed by atoms with Crippen LogP contribution in [0.3, 0.4) is 0 Å². The van der Waals surface area contributed by atoms with Crippen molar-refractivity contribution in [3.63, 3.8) is 0 Å². The first-order valence-corrected chi connectivity index (χ1v) is 6.66. The molecule has 0 bridgehead atoms. The van der Waals surface area contributed by atoms with Gasteiger partial charge in [0.05, 0.1) is 6.20 Å². The Kier molecular flexibility index (Phi) is 3.27. The molecule has 3 rings (SSSR count). The predicted molar refractivity (Wildman–Crippen MR) is 80.9 cm³/mol. The molecule has 0 atom stereocenters. The van der Waals surface area contributed by atoms with Crippen LogP contribution in [0.15, 0.2) is 48.7 Å². The van der Waals surface area contributed by atoms with Gasteiger partial charge in [-0.1, -0.05) is 25.1 Å². The highest BCUT2D eigenvalue weighted by molar-refractivity contribution is 5.68. The lowest BCUT2D eigenvalue weighted by Crippen LogP contribution is -1.98. The van der Waals surface area contributed by atoms with Crippen molar-refractivity contribution in [1.82, 2.24) is 9.38 Å². The van der Waals surface area contributed by atoms with Crippen LogP contribution in [0.5, 0.6) is 0 Å². The minimum atomic E-state index is -0.428. The molecule has 0 aliphatic rings. The molecule has 106 valence electrons. The molecule has 3 aromatic rings. The van der Waals surface area contributed by atoms with E-state index in [9.17, 15) is 10.1 Å². The maximum atomic E-state index is 11.3. The van der Waals surface area contributed by atoms with Gasteiger partial charge >= 0.3 is 5.82 Å². The average molecular weight is 282 g/mol. The van der Waals surface area contributed by atoms with E-state index in [1.54, 1.807) is 24.4 Å². The van der Waals surface area contributed by atoms with Gasteiger partial charge in [0.15, 0.2) is 0 Å². The number of aryl methyl sites for hydroxylation is 1. The van der Waals surface area contributed by atoms with Crippen LogP contribution in [0, 0.1) is 10.1 Å². The Hall–Kier alpha value is -2.89. The van der Waals surface area contributed by atoms with Gasteiger partial charge in [-0.3, -0.25) is 0 Å². The van der Waals surface area contributed by atoms with Crippen molar-refractivity contribution >= 4 is 23.0 Å². The Morgan fingerprint density at radius 3 is 2.67 bits per heavy atom. The minimum absolute atomic E-state index is 0.0647. The molecule has 0 unspecified atom stereocenters. The molecule has 2 heterocycles. The summed E-state index contributed by atoms with van der Waals surface area (Å²) in [5.74, 6) is 0.181. The lowest BCUT2D eigenvalue weighted by molar-refractivity contribution is -0.389. The van der Waals surface area contributed by atoms with Crippen molar-refractivity contribution in [2.24, 2.45) is 0 Å². The second kappa shape index (κ2) is 5.24. The molecule has 1 aromatic carbocycles. The summed E-state index contributed by atoms with van der Waals surface area (Å²) in [7, 11) is 0. The van der Waals surface area contributed by atoms with E-state index in [4.69, 9.17) is 0 Å². The van der Waals surface area contributed by atoms with E-state index >= 15 is 0 Å². The normalized spacial score (nSPS) is 10.7. The summed E-state index contributed by atoms with van der Waals surface area (Å²) < 4.78 is 1.46. The van der Waals surface area contributed by atoms with E-state index in [2.05, 4.69) is 17.2 Å². The second-order valence-electron chi connectivity index (χ2n) is 4.65. The maximum absolute atomic E-state index is 11.3. The van der Waals surface area contributed by atoms with Gasteiger partial charge in [-0.15, -0.1) is 0 Å². The third-order valence-electron chi connectivity index (χ3n) is 3.30. The number of nitrogens with one attached hydrogen (secondary N) is 1. The highest BCUT2D eigenvalue weighted by atomic mass is 16.6. The Morgan fingerprint density at radius 2 is 2.00 bits per heavy atom. The molecule has 21 heavy (non-hydrogen) atoms. The van der Waals surface area contributed by atoms with Crippen LogP contribution < -0.4 is 5.32 Å². The average Bonchev–Trinajstić information content (AvgIpc) is 2.86. The van der Waals surface area contributed by atoms with E-state index in [0.717, 1.165) is 12.1 Å². The van der Waals surface area contributed by atoms with Crippen LogP contribution in [0.1, 0.15) is 12.5 Å². The monoisotopic (exact) mass is 282 g/mol. The third kappa shape index (κ3) is 2.43. The fourth-order valence-electron chi connectivity index (χ4n) is 2.20. The third-order valence-corrected chi connectivity index (χ3v) is 3.30. The number of pyridine rings is 1. The smallest absolute Gasteiger partial charge is 0.358 e. The number of nitro groups is 1. The number of fused-ring (bicyclic) bond motifs is 1. The van der Waals surface area contributed by atoms with E-state index in [-0.39, 0.29) is 11.6 Å². The number of hydrogen-bond acceptors (Lipinski definition) is 4. The number of anilines is 2. The summed E-state index contributed by atoms with van der Waals surface area (Å²) in [6.45, 7) is 2.08. The van der Waals surface area contributed by atoms with Gasteiger partial charge in [-0.25, -0.2) is 0 Å². The zero-order valence-electron chi connectivity index (χ0n) is 11.5. The van der Waals surface area contributed by atoms with E-state index < -0.39 is 4.92 Å². The molecule has 0 aliphatic carbocycles. The fourth-order valence-corrected chi connectivity index (χ4v) is 2.20. The Labute approximate surface area is 121 Å². The number of imidazole rings is 1. The largest absolute Gasteiger partial charge is 0.372 e. The van der Waals surface area contributed by atoms with Gasteiger partial charge in [0.2, 0.25) is 11.5 Å². The number of aromatic nitrogens is 2. The predicted octanol–water partition coefficient (Wildman–Crippen LogP) is 3.55. The van der Waals surface area contributed by atoms with Gasteiger partial charge in [-0.2, -0.15) is 9.38 Å². The van der Waals surface area contributed by atoms with Crippen molar-refractivity contribution in [1.29, 1.82) is 0 Å². The van der Waals surface area contributed by atoms with Gasteiger partial charge in [0, 0.05) is 11.8 Å². The molecule has 0 fully saturated rings. The zero-order valence-corrected chi connectivity index (χ0v) is 11.5. The van der Waals surface area contributed by atoms with Crippen molar-refractivity contribution in [2.75, 3.05) is 5.32 Å². The Morgan fingerprint density at radius 1 is 1.24 bits per heavy atom. The molecular formula is C15H14N4O2. The van der Waals surface area contributed by atoms with Crippen molar-refractivity contribution < 1.29 is 4.92 Å². The SMILES string of the molecule is CCc1ccc(Nc2nc3ccccn3c2[N+](=O)[O-])cc1. The molecule has 0 amide bonds. The first-order chi connectivity index (χ1) is 10.2. The topological polar surface area (TPSA) is 72.5 Å². The van der Waals surface area contributed by atoms with Gasteiger partial charge in [0.25, 0.3) is 0 Å². The van der Waals surface area contributed by atoms with Crippen molar-refractivity contribution in [3.8, 4) is 0 Å². The first kappa shape index (κ1) is 13.1. The molecule has 2 aromatic heterocycles. The Balaban J connectivity index is 2.02. The summed E-state index contributed by atoms with van der Waals surface area (Å²) >= 11 is 0. The lowest BCUT2D eigenvalue weighted by atomic mass is 10.1. The second-order valence-corrected chi connectivity index (χ2v) is 4.65. The maximum Gasteiger partial charge on any atom is 0.372 e. The molecule has 1 N–H and O–H groups in total. The van der Waals surface area contributed by atoms with Gasteiger partial charge in [0.1, 0.15) is 0 Å². The molecule has 0 aliphatic heterocycles.